The summed E-state index contributed by atoms with van der Waals surface area (Å²) < 4.78 is 26.3. The quantitative estimate of drug-likeness (QED) is 0.842. The van der Waals surface area contributed by atoms with Gasteiger partial charge in [-0.25, -0.2) is 8.78 Å². The molecule has 0 saturated carbocycles. The summed E-state index contributed by atoms with van der Waals surface area (Å²) >= 11 is 0. The maximum atomic E-state index is 13.2. The highest BCUT2D eigenvalue weighted by atomic mass is 19.2. The highest BCUT2D eigenvalue weighted by molar-refractivity contribution is 6.52. The van der Waals surface area contributed by atoms with Crippen LogP contribution in [-0.4, -0.2) is 30.2 Å². The molecule has 0 unspecified atom stereocenters. The number of benzene rings is 1. The third-order valence-corrected chi connectivity index (χ3v) is 2.76. The number of carbonyl (C=O) groups is 3. The summed E-state index contributed by atoms with van der Waals surface area (Å²) in [6, 6.07) is 1.28. The van der Waals surface area contributed by atoms with Crippen molar-refractivity contribution in [1.82, 2.24) is 5.32 Å². The van der Waals surface area contributed by atoms with Crippen LogP contribution in [0.4, 0.5) is 14.5 Å². The Balaban J connectivity index is 2.33. The molecule has 20 heavy (non-hydrogen) atoms. The monoisotopic (exact) mass is 282 g/mol. The predicted octanol–water partition coefficient (Wildman–Crippen LogP) is 1.02. The van der Waals surface area contributed by atoms with Crippen LogP contribution in [0.1, 0.15) is 24.2 Å². The maximum absolute atomic E-state index is 13.2. The number of rotatable bonds is 3. The van der Waals surface area contributed by atoms with E-state index in [2.05, 4.69) is 5.32 Å². The Labute approximate surface area is 113 Å². The van der Waals surface area contributed by atoms with Crippen molar-refractivity contribution in [3.05, 3.63) is 29.3 Å². The van der Waals surface area contributed by atoms with Gasteiger partial charge in [-0.3, -0.25) is 19.3 Å². The first-order valence-electron chi connectivity index (χ1n) is 5.96. The van der Waals surface area contributed by atoms with Crippen LogP contribution in [0.2, 0.25) is 0 Å². The summed E-state index contributed by atoms with van der Waals surface area (Å²) in [5.41, 5.74) is -0.316. The van der Waals surface area contributed by atoms with Crippen molar-refractivity contribution in [3.8, 4) is 0 Å². The zero-order valence-electron chi connectivity index (χ0n) is 10.9. The number of hydrogen-bond acceptors (Lipinski definition) is 3. The lowest BCUT2D eigenvalue weighted by atomic mass is 10.1. The van der Waals surface area contributed by atoms with Gasteiger partial charge in [-0.1, -0.05) is 0 Å². The van der Waals surface area contributed by atoms with E-state index in [9.17, 15) is 23.2 Å². The van der Waals surface area contributed by atoms with Crippen molar-refractivity contribution in [2.45, 2.75) is 19.9 Å². The SMILES string of the molecule is CC(C)NC(=O)CN1C(=O)C(=O)c2cc(F)c(F)cc21. The van der Waals surface area contributed by atoms with E-state index in [0.29, 0.717) is 6.07 Å². The molecular weight excluding hydrogens is 270 g/mol. The third-order valence-electron chi connectivity index (χ3n) is 2.76. The average Bonchev–Trinajstić information content (AvgIpc) is 2.55. The minimum absolute atomic E-state index is 0.0854. The fraction of sp³-hybridized carbons (Fsp3) is 0.308. The van der Waals surface area contributed by atoms with Gasteiger partial charge in [0.2, 0.25) is 5.91 Å². The van der Waals surface area contributed by atoms with Gasteiger partial charge in [-0.2, -0.15) is 0 Å². The summed E-state index contributed by atoms with van der Waals surface area (Å²) in [4.78, 5) is 35.9. The molecule has 1 aliphatic rings. The molecule has 2 rings (SSSR count). The summed E-state index contributed by atoms with van der Waals surface area (Å²) in [7, 11) is 0. The molecule has 0 aromatic heterocycles. The van der Waals surface area contributed by atoms with E-state index < -0.39 is 35.8 Å². The minimum Gasteiger partial charge on any atom is -0.352 e. The number of ketones is 1. The molecule has 5 nitrogen and oxygen atoms in total. The van der Waals surface area contributed by atoms with Gasteiger partial charge in [0, 0.05) is 12.1 Å². The van der Waals surface area contributed by atoms with Crippen molar-refractivity contribution in [1.29, 1.82) is 0 Å². The number of nitrogens with zero attached hydrogens (tertiary/aromatic N) is 1. The number of nitrogens with one attached hydrogen (secondary N) is 1. The second-order valence-corrected chi connectivity index (χ2v) is 4.73. The molecule has 1 aromatic carbocycles. The van der Waals surface area contributed by atoms with E-state index in [1.54, 1.807) is 13.8 Å². The van der Waals surface area contributed by atoms with Gasteiger partial charge in [-0.15, -0.1) is 0 Å². The van der Waals surface area contributed by atoms with Crippen molar-refractivity contribution >= 4 is 23.3 Å². The Kier molecular flexibility index (Phi) is 3.52. The lowest BCUT2D eigenvalue weighted by Gasteiger charge is -2.17. The number of fused-ring (bicyclic) bond motifs is 1. The first kappa shape index (κ1) is 14.1. The van der Waals surface area contributed by atoms with Gasteiger partial charge in [0.1, 0.15) is 6.54 Å². The topological polar surface area (TPSA) is 66.5 Å². The molecule has 0 spiro atoms. The number of anilines is 1. The second kappa shape index (κ2) is 4.99. The third kappa shape index (κ3) is 2.38. The van der Waals surface area contributed by atoms with Crippen LogP contribution < -0.4 is 10.2 Å². The van der Waals surface area contributed by atoms with E-state index in [-0.39, 0.29) is 17.3 Å². The van der Waals surface area contributed by atoms with Crippen LogP contribution in [0.25, 0.3) is 0 Å². The molecule has 0 fully saturated rings. The van der Waals surface area contributed by atoms with E-state index in [1.807, 2.05) is 0 Å². The van der Waals surface area contributed by atoms with Crippen LogP contribution in [0, 0.1) is 11.6 Å². The maximum Gasteiger partial charge on any atom is 0.299 e. The molecular formula is C13H12F2N2O3. The van der Waals surface area contributed by atoms with Crippen LogP contribution in [0.15, 0.2) is 12.1 Å². The van der Waals surface area contributed by atoms with Gasteiger partial charge >= 0.3 is 0 Å². The Morgan fingerprint density at radius 3 is 2.45 bits per heavy atom. The number of carbonyl (C=O) groups excluding carboxylic acids is 3. The number of halogens is 2. The molecule has 1 N–H and O–H groups in total. The smallest absolute Gasteiger partial charge is 0.299 e. The van der Waals surface area contributed by atoms with Crippen LogP contribution in [0.5, 0.6) is 0 Å². The Bertz CT molecular complexity index is 614. The molecule has 106 valence electrons. The normalized spacial score (nSPS) is 13.9. The fourth-order valence-corrected chi connectivity index (χ4v) is 1.96. The molecule has 1 aliphatic heterocycles. The highest BCUT2D eigenvalue weighted by Crippen LogP contribution is 2.30. The van der Waals surface area contributed by atoms with E-state index >= 15 is 0 Å². The molecule has 1 aromatic rings. The number of hydrogen-bond donors (Lipinski definition) is 1. The van der Waals surface area contributed by atoms with E-state index in [0.717, 1.165) is 11.0 Å². The predicted molar refractivity (Wildman–Crippen MR) is 66.3 cm³/mol. The summed E-state index contributed by atoms with van der Waals surface area (Å²) in [5.74, 6) is -4.79. The average molecular weight is 282 g/mol. The van der Waals surface area contributed by atoms with Crippen LogP contribution in [-0.2, 0) is 9.59 Å². The molecule has 0 aliphatic carbocycles. The van der Waals surface area contributed by atoms with Crippen LogP contribution in [0.3, 0.4) is 0 Å². The minimum atomic E-state index is -1.21. The Morgan fingerprint density at radius 1 is 1.25 bits per heavy atom. The molecule has 1 heterocycles. The molecule has 0 bridgehead atoms. The van der Waals surface area contributed by atoms with Crippen molar-refractivity contribution < 1.29 is 23.2 Å². The summed E-state index contributed by atoms with van der Waals surface area (Å²) in [5, 5.41) is 2.55. The summed E-state index contributed by atoms with van der Waals surface area (Å²) in [6.07, 6.45) is 0. The van der Waals surface area contributed by atoms with Crippen molar-refractivity contribution in [2.24, 2.45) is 0 Å². The first-order valence-corrected chi connectivity index (χ1v) is 5.96. The standard InChI is InChI=1S/C13H12F2N2O3/c1-6(2)16-11(18)5-17-10-4-9(15)8(14)3-7(10)12(19)13(17)20/h3-4,6H,5H2,1-2H3,(H,16,18). The molecule has 0 saturated heterocycles. The Hall–Kier alpha value is -2.31. The van der Waals surface area contributed by atoms with Gasteiger partial charge in [0.05, 0.1) is 11.3 Å². The Morgan fingerprint density at radius 2 is 1.85 bits per heavy atom. The van der Waals surface area contributed by atoms with Crippen molar-refractivity contribution in [3.63, 3.8) is 0 Å². The van der Waals surface area contributed by atoms with Gasteiger partial charge in [-0.05, 0) is 19.9 Å². The summed E-state index contributed by atoms with van der Waals surface area (Å²) in [6.45, 7) is 3.05. The molecule has 2 amide bonds. The van der Waals surface area contributed by atoms with Gasteiger partial charge in [0.15, 0.2) is 11.6 Å². The first-order chi connectivity index (χ1) is 9.31. The molecule has 0 radical (unpaired) electrons. The fourth-order valence-electron chi connectivity index (χ4n) is 1.96. The lowest BCUT2D eigenvalue weighted by Crippen LogP contribution is -2.42. The van der Waals surface area contributed by atoms with Crippen molar-refractivity contribution in [2.75, 3.05) is 11.4 Å². The highest BCUT2D eigenvalue weighted by Gasteiger charge is 2.38. The lowest BCUT2D eigenvalue weighted by molar-refractivity contribution is -0.122. The number of Topliss-reactive ketones (excluding diaryl/α,β-unsaturated/α-hetero) is 1. The van der Waals surface area contributed by atoms with Gasteiger partial charge in [0.25, 0.3) is 11.7 Å². The zero-order valence-corrected chi connectivity index (χ0v) is 10.9. The number of amides is 2. The molecule has 7 heteroatoms. The van der Waals surface area contributed by atoms with Gasteiger partial charge < -0.3 is 5.32 Å². The second-order valence-electron chi connectivity index (χ2n) is 4.73. The van der Waals surface area contributed by atoms with E-state index in [1.165, 1.54) is 0 Å². The molecule has 0 atom stereocenters. The van der Waals surface area contributed by atoms with E-state index in [4.69, 9.17) is 0 Å². The van der Waals surface area contributed by atoms with Crippen LogP contribution >= 0.6 is 0 Å². The largest absolute Gasteiger partial charge is 0.352 e. The zero-order chi connectivity index (χ0) is 15.0.